The molecule has 1 fully saturated rings. The molecule has 3 heterocycles. The van der Waals surface area contributed by atoms with Crippen molar-refractivity contribution >= 4 is 35.0 Å². The van der Waals surface area contributed by atoms with Crippen molar-refractivity contribution in [3.63, 3.8) is 0 Å². The first-order chi connectivity index (χ1) is 17.0. The minimum Gasteiger partial charge on any atom is -0.353 e. The van der Waals surface area contributed by atoms with Crippen molar-refractivity contribution in [2.45, 2.75) is 32.8 Å². The Morgan fingerprint density at radius 3 is 2.83 bits per heavy atom. The second-order valence-electron chi connectivity index (χ2n) is 8.46. The van der Waals surface area contributed by atoms with Crippen LogP contribution in [-0.4, -0.2) is 65.3 Å². The van der Waals surface area contributed by atoms with Gasteiger partial charge in [-0.1, -0.05) is 13.0 Å². The molecule has 4 amide bonds. The standard InChI is InChI=1S/C23H27FN6O4S/c1-12(10-26-20(32)18-13(2)27-22(35-18)21(33)25-3)19(31)28-17-16-6-5-15(24)9-14(16)11-29-7-4-8-30(29)23(17)34/h5-6,9,12,17H,4,7-8,10-11H2,1-3H3,(H,25,33)(H,26,32)(H,28,31)/t12-,17+/m1/s1/i17D. The Morgan fingerprint density at radius 2 is 2.09 bits per heavy atom. The van der Waals surface area contributed by atoms with Gasteiger partial charge in [0, 0.05) is 33.2 Å². The summed E-state index contributed by atoms with van der Waals surface area (Å²) in [5.74, 6) is -3.40. The summed E-state index contributed by atoms with van der Waals surface area (Å²) in [6.07, 6.45) is 0.710. The molecule has 1 aromatic carbocycles. The largest absolute Gasteiger partial charge is 0.353 e. The zero-order valence-corrected chi connectivity index (χ0v) is 20.4. The molecule has 0 spiro atoms. The molecule has 186 valence electrons. The lowest BCUT2D eigenvalue weighted by Crippen LogP contribution is -2.47. The number of halogens is 1. The second-order valence-corrected chi connectivity index (χ2v) is 9.46. The van der Waals surface area contributed by atoms with E-state index in [-0.39, 0.29) is 28.5 Å². The number of hydrogen-bond acceptors (Lipinski definition) is 7. The third-order valence-electron chi connectivity index (χ3n) is 5.95. The number of benzene rings is 1. The summed E-state index contributed by atoms with van der Waals surface area (Å²) >= 11 is 0.942. The molecule has 0 unspecified atom stereocenters. The molecule has 0 radical (unpaired) electrons. The number of nitrogens with zero attached hydrogens (tertiary/aromatic N) is 3. The molecule has 2 aromatic rings. The van der Waals surface area contributed by atoms with Crippen LogP contribution in [0.25, 0.3) is 0 Å². The van der Waals surface area contributed by atoms with Crippen LogP contribution >= 0.6 is 11.3 Å². The van der Waals surface area contributed by atoms with Crippen molar-refractivity contribution in [1.82, 2.24) is 31.0 Å². The SMILES string of the molecule is [2H][C@@]1(NC(=O)[C@H](C)CNC(=O)c2sc(C(=O)NC)nc2C)C(=O)N2CCCN2Cc2cc(F)ccc21. The van der Waals surface area contributed by atoms with Crippen LogP contribution in [0.15, 0.2) is 18.2 Å². The lowest BCUT2D eigenvalue weighted by atomic mass is 9.98. The zero-order chi connectivity index (χ0) is 26.2. The Morgan fingerprint density at radius 1 is 1.31 bits per heavy atom. The fourth-order valence-electron chi connectivity index (χ4n) is 4.03. The molecule has 0 bridgehead atoms. The van der Waals surface area contributed by atoms with E-state index in [1.165, 1.54) is 30.3 Å². The average Bonchev–Trinajstić information content (AvgIpc) is 3.45. The summed E-state index contributed by atoms with van der Waals surface area (Å²) in [6, 6.07) is 1.67. The van der Waals surface area contributed by atoms with Crippen LogP contribution in [-0.2, 0) is 16.1 Å². The van der Waals surface area contributed by atoms with Crippen LogP contribution in [0, 0.1) is 18.7 Å². The van der Waals surface area contributed by atoms with E-state index in [9.17, 15) is 23.6 Å². The molecule has 10 nitrogen and oxygen atoms in total. The maximum Gasteiger partial charge on any atom is 0.280 e. The van der Waals surface area contributed by atoms with Crippen LogP contribution in [0.5, 0.6) is 0 Å². The van der Waals surface area contributed by atoms with Crippen LogP contribution in [0.1, 0.15) is 57.0 Å². The van der Waals surface area contributed by atoms with Crippen molar-refractivity contribution < 1.29 is 24.9 Å². The lowest BCUT2D eigenvalue weighted by Gasteiger charge is -2.28. The highest BCUT2D eigenvalue weighted by Crippen LogP contribution is 2.30. The van der Waals surface area contributed by atoms with Gasteiger partial charge in [-0.2, -0.15) is 0 Å². The van der Waals surface area contributed by atoms with Gasteiger partial charge in [-0.05, 0) is 36.6 Å². The van der Waals surface area contributed by atoms with E-state index in [1.807, 2.05) is 0 Å². The molecular formula is C23H27FN6O4S. The van der Waals surface area contributed by atoms with E-state index in [4.69, 9.17) is 1.37 Å². The number of thiazole rings is 1. The zero-order valence-electron chi connectivity index (χ0n) is 20.6. The highest BCUT2D eigenvalue weighted by molar-refractivity contribution is 7.15. The minimum atomic E-state index is -2.14. The fourth-order valence-corrected chi connectivity index (χ4v) is 4.96. The van der Waals surface area contributed by atoms with Crippen LogP contribution in [0.4, 0.5) is 4.39 Å². The van der Waals surface area contributed by atoms with Gasteiger partial charge < -0.3 is 16.0 Å². The molecule has 1 aromatic heterocycles. The first-order valence-electron chi connectivity index (χ1n) is 11.7. The predicted molar refractivity (Wildman–Crippen MR) is 126 cm³/mol. The van der Waals surface area contributed by atoms with Gasteiger partial charge >= 0.3 is 0 Å². The van der Waals surface area contributed by atoms with Gasteiger partial charge in [0.15, 0.2) is 5.01 Å². The quantitative estimate of drug-likeness (QED) is 0.543. The fraction of sp³-hybridized carbons (Fsp3) is 0.435. The van der Waals surface area contributed by atoms with Gasteiger partial charge in [0.1, 0.15) is 16.7 Å². The van der Waals surface area contributed by atoms with Gasteiger partial charge in [0.2, 0.25) is 5.91 Å². The molecule has 0 saturated carbocycles. The van der Waals surface area contributed by atoms with Gasteiger partial charge in [-0.25, -0.2) is 14.4 Å². The summed E-state index contributed by atoms with van der Waals surface area (Å²) in [5, 5.41) is 11.0. The monoisotopic (exact) mass is 503 g/mol. The number of amides is 4. The third-order valence-corrected chi connectivity index (χ3v) is 7.11. The normalized spacial score (nSPS) is 20.9. The molecule has 0 aliphatic carbocycles. The Bertz CT molecular complexity index is 1240. The first-order valence-corrected chi connectivity index (χ1v) is 12.0. The molecule has 1 saturated heterocycles. The van der Waals surface area contributed by atoms with Crippen LogP contribution in [0.3, 0.4) is 0 Å². The van der Waals surface area contributed by atoms with E-state index in [1.54, 1.807) is 18.9 Å². The Kier molecular flexibility index (Phi) is 6.73. The molecule has 12 heteroatoms. The second kappa shape index (κ2) is 10.1. The number of hydrogen-bond donors (Lipinski definition) is 3. The Labute approximate surface area is 207 Å². The number of aromatic nitrogens is 1. The van der Waals surface area contributed by atoms with E-state index in [0.29, 0.717) is 30.8 Å². The van der Waals surface area contributed by atoms with E-state index in [0.717, 1.165) is 11.3 Å². The van der Waals surface area contributed by atoms with Gasteiger partial charge in [0.25, 0.3) is 17.7 Å². The number of carbonyl (C=O) groups excluding carboxylic acids is 4. The molecule has 4 rings (SSSR count). The highest BCUT2D eigenvalue weighted by Gasteiger charge is 2.38. The van der Waals surface area contributed by atoms with Gasteiger partial charge in [0.05, 0.1) is 13.0 Å². The molecule has 2 aliphatic heterocycles. The molecule has 35 heavy (non-hydrogen) atoms. The van der Waals surface area contributed by atoms with Crippen LogP contribution in [0.2, 0.25) is 0 Å². The number of fused-ring (bicyclic) bond motifs is 2. The number of rotatable bonds is 6. The molecule has 2 aliphatic rings. The minimum absolute atomic E-state index is 0.0757. The summed E-state index contributed by atoms with van der Waals surface area (Å²) in [4.78, 5) is 55.3. The summed E-state index contributed by atoms with van der Waals surface area (Å²) in [6.45, 7) is 4.35. The average molecular weight is 504 g/mol. The van der Waals surface area contributed by atoms with Crippen molar-refractivity contribution in [3.8, 4) is 0 Å². The summed E-state index contributed by atoms with van der Waals surface area (Å²) < 4.78 is 23.0. The maximum atomic E-state index is 14.0. The number of carbonyl (C=O) groups is 4. The van der Waals surface area contributed by atoms with Crippen molar-refractivity contribution in [3.05, 3.63) is 50.7 Å². The van der Waals surface area contributed by atoms with Crippen molar-refractivity contribution in [2.24, 2.45) is 5.92 Å². The Balaban J connectivity index is 1.49. The lowest BCUT2D eigenvalue weighted by molar-refractivity contribution is -0.148. The van der Waals surface area contributed by atoms with Crippen molar-refractivity contribution in [2.75, 3.05) is 26.7 Å². The van der Waals surface area contributed by atoms with E-state index >= 15 is 0 Å². The molecule has 3 N–H and O–H groups in total. The number of nitrogens with one attached hydrogen (secondary N) is 3. The van der Waals surface area contributed by atoms with E-state index in [2.05, 4.69) is 20.9 Å². The summed E-state index contributed by atoms with van der Waals surface area (Å²) in [7, 11) is 1.47. The predicted octanol–water partition coefficient (Wildman–Crippen LogP) is 1.14. The smallest absolute Gasteiger partial charge is 0.280 e. The molecule has 2 atom stereocenters. The van der Waals surface area contributed by atoms with Gasteiger partial charge in [-0.3, -0.25) is 24.2 Å². The Hall–Kier alpha value is -3.38. The first kappa shape index (κ1) is 23.4. The number of aryl methyl sites for hydroxylation is 1. The van der Waals surface area contributed by atoms with Gasteiger partial charge in [-0.15, -0.1) is 11.3 Å². The number of hydrazine groups is 1. The summed E-state index contributed by atoms with van der Waals surface area (Å²) in [5.41, 5.74) is 1.06. The maximum absolute atomic E-state index is 14.0. The van der Waals surface area contributed by atoms with Crippen molar-refractivity contribution in [1.29, 1.82) is 0 Å². The topological polar surface area (TPSA) is 124 Å². The highest BCUT2D eigenvalue weighted by atomic mass is 32.1. The van der Waals surface area contributed by atoms with E-state index < -0.39 is 41.4 Å². The molecular weight excluding hydrogens is 475 g/mol. The van der Waals surface area contributed by atoms with Crippen LogP contribution < -0.4 is 16.0 Å². The third kappa shape index (κ3) is 5.03.